The standard InChI is InChI=1S/C9H17O2/c1-4-7-8(5-2)11-9(10)6-3/h6,8H,4-5,7H2,1-3H3. The van der Waals surface area contributed by atoms with Gasteiger partial charge in [0.05, 0.1) is 6.42 Å². The molecule has 0 rings (SSSR count). The maximum absolute atomic E-state index is 10.8. The first kappa shape index (κ1) is 10.5. The van der Waals surface area contributed by atoms with Gasteiger partial charge < -0.3 is 4.74 Å². The van der Waals surface area contributed by atoms with Gasteiger partial charge in [0.1, 0.15) is 6.10 Å². The van der Waals surface area contributed by atoms with Crippen LogP contribution in [0.4, 0.5) is 0 Å². The van der Waals surface area contributed by atoms with Gasteiger partial charge in [-0.25, -0.2) is 0 Å². The third kappa shape index (κ3) is 4.82. The molecule has 0 saturated carbocycles. The molecule has 1 atom stereocenters. The van der Waals surface area contributed by atoms with Crippen LogP contribution in [-0.4, -0.2) is 12.1 Å². The number of carbonyl (C=O) groups excluding carboxylic acids is 1. The van der Waals surface area contributed by atoms with E-state index in [1.807, 2.05) is 6.92 Å². The molecular weight excluding hydrogens is 140 g/mol. The summed E-state index contributed by atoms with van der Waals surface area (Å²) in [5, 5.41) is 0. The largest absolute Gasteiger partial charge is 0.462 e. The summed E-state index contributed by atoms with van der Waals surface area (Å²) in [7, 11) is 0. The summed E-state index contributed by atoms with van der Waals surface area (Å²) in [4.78, 5) is 10.8. The molecule has 0 aliphatic carbocycles. The molecule has 0 N–H and O–H groups in total. The van der Waals surface area contributed by atoms with Gasteiger partial charge in [0, 0.05) is 0 Å². The van der Waals surface area contributed by atoms with Crippen molar-refractivity contribution in [2.75, 3.05) is 0 Å². The number of hydrogen-bond donors (Lipinski definition) is 0. The highest BCUT2D eigenvalue weighted by molar-refractivity contribution is 5.78. The third-order valence-corrected chi connectivity index (χ3v) is 1.58. The molecule has 0 spiro atoms. The Kier molecular flexibility index (Phi) is 5.90. The molecule has 0 aliphatic rings. The van der Waals surface area contributed by atoms with Gasteiger partial charge in [-0.1, -0.05) is 27.2 Å². The van der Waals surface area contributed by atoms with E-state index < -0.39 is 0 Å². The summed E-state index contributed by atoms with van der Waals surface area (Å²) in [5.74, 6) is -0.203. The lowest BCUT2D eigenvalue weighted by molar-refractivity contribution is -0.145. The van der Waals surface area contributed by atoms with E-state index in [0.717, 1.165) is 19.3 Å². The van der Waals surface area contributed by atoms with Crippen LogP contribution in [0.2, 0.25) is 0 Å². The minimum Gasteiger partial charge on any atom is -0.462 e. The summed E-state index contributed by atoms with van der Waals surface area (Å²) in [5.41, 5.74) is 0. The monoisotopic (exact) mass is 157 g/mol. The molecule has 11 heavy (non-hydrogen) atoms. The minimum atomic E-state index is -0.203. The molecule has 2 heteroatoms. The van der Waals surface area contributed by atoms with Gasteiger partial charge in [0.25, 0.3) is 0 Å². The van der Waals surface area contributed by atoms with E-state index in [-0.39, 0.29) is 12.1 Å². The summed E-state index contributed by atoms with van der Waals surface area (Å²) >= 11 is 0. The van der Waals surface area contributed by atoms with Crippen molar-refractivity contribution in [3.63, 3.8) is 0 Å². The number of carbonyl (C=O) groups is 1. The predicted octanol–water partition coefficient (Wildman–Crippen LogP) is 2.33. The summed E-state index contributed by atoms with van der Waals surface area (Å²) in [6.07, 6.45) is 4.51. The SMILES string of the molecule is C[CH]C(=O)OC(CC)CCC. The van der Waals surface area contributed by atoms with Gasteiger partial charge in [-0.2, -0.15) is 0 Å². The molecule has 1 unspecified atom stereocenters. The Bertz CT molecular complexity index is 110. The second-order valence-electron chi connectivity index (χ2n) is 2.54. The van der Waals surface area contributed by atoms with Crippen molar-refractivity contribution >= 4 is 5.97 Å². The second-order valence-corrected chi connectivity index (χ2v) is 2.54. The maximum atomic E-state index is 10.8. The lowest BCUT2D eigenvalue weighted by atomic mass is 10.1. The van der Waals surface area contributed by atoms with E-state index in [9.17, 15) is 4.79 Å². The van der Waals surface area contributed by atoms with Crippen LogP contribution in [0, 0.1) is 6.42 Å². The van der Waals surface area contributed by atoms with Crippen LogP contribution < -0.4 is 0 Å². The predicted molar refractivity (Wildman–Crippen MR) is 45.1 cm³/mol. The van der Waals surface area contributed by atoms with Crippen LogP contribution in [0.1, 0.15) is 40.0 Å². The second kappa shape index (κ2) is 6.20. The Morgan fingerprint density at radius 3 is 2.55 bits per heavy atom. The van der Waals surface area contributed by atoms with E-state index in [4.69, 9.17) is 4.74 Å². The van der Waals surface area contributed by atoms with Gasteiger partial charge in [0.2, 0.25) is 0 Å². The number of rotatable bonds is 5. The summed E-state index contributed by atoms with van der Waals surface area (Å²) in [6.45, 7) is 5.82. The van der Waals surface area contributed by atoms with Gasteiger partial charge in [-0.3, -0.25) is 4.79 Å². The molecule has 0 bridgehead atoms. The van der Waals surface area contributed by atoms with Crippen molar-refractivity contribution < 1.29 is 9.53 Å². The smallest absolute Gasteiger partial charge is 0.309 e. The van der Waals surface area contributed by atoms with Gasteiger partial charge in [-0.05, 0) is 12.8 Å². The molecular formula is C9H17O2. The van der Waals surface area contributed by atoms with Crippen LogP contribution in [0.5, 0.6) is 0 Å². The first-order chi connectivity index (χ1) is 5.24. The van der Waals surface area contributed by atoms with Crippen molar-refractivity contribution in [1.29, 1.82) is 0 Å². The Morgan fingerprint density at radius 2 is 2.18 bits per heavy atom. The van der Waals surface area contributed by atoms with Gasteiger partial charge >= 0.3 is 5.97 Å². The van der Waals surface area contributed by atoms with E-state index in [1.165, 1.54) is 6.42 Å². The highest BCUT2D eigenvalue weighted by Crippen LogP contribution is 2.06. The third-order valence-electron chi connectivity index (χ3n) is 1.58. The maximum Gasteiger partial charge on any atom is 0.309 e. The van der Waals surface area contributed by atoms with Gasteiger partial charge in [0.15, 0.2) is 0 Å². The van der Waals surface area contributed by atoms with Crippen LogP contribution in [0.3, 0.4) is 0 Å². The topological polar surface area (TPSA) is 26.3 Å². The molecule has 0 saturated heterocycles. The fraction of sp³-hybridized carbons (Fsp3) is 0.778. The van der Waals surface area contributed by atoms with Crippen molar-refractivity contribution in [3.8, 4) is 0 Å². The van der Waals surface area contributed by atoms with E-state index in [2.05, 4.69) is 6.92 Å². The van der Waals surface area contributed by atoms with Crippen LogP contribution >= 0.6 is 0 Å². The highest BCUT2D eigenvalue weighted by Gasteiger charge is 2.08. The molecule has 0 heterocycles. The van der Waals surface area contributed by atoms with Gasteiger partial charge in [-0.15, -0.1) is 0 Å². The van der Waals surface area contributed by atoms with Crippen molar-refractivity contribution in [1.82, 2.24) is 0 Å². The zero-order valence-corrected chi connectivity index (χ0v) is 7.59. The van der Waals surface area contributed by atoms with Crippen molar-refractivity contribution in [2.45, 2.75) is 46.1 Å². The zero-order chi connectivity index (χ0) is 8.69. The normalized spacial score (nSPS) is 12.6. The van der Waals surface area contributed by atoms with Crippen LogP contribution in [0.25, 0.3) is 0 Å². The molecule has 0 aliphatic heterocycles. The summed E-state index contributed by atoms with van der Waals surface area (Å²) < 4.78 is 5.09. The minimum absolute atomic E-state index is 0.115. The van der Waals surface area contributed by atoms with E-state index >= 15 is 0 Å². The van der Waals surface area contributed by atoms with Crippen molar-refractivity contribution in [2.24, 2.45) is 0 Å². The molecule has 0 aromatic carbocycles. The first-order valence-corrected chi connectivity index (χ1v) is 4.24. The molecule has 0 fully saturated rings. The fourth-order valence-electron chi connectivity index (χ4n) is 0.901. The number of hydrogen-bond acceptors (Lipinski definition) is 2. The van der Waals surface area contributed by atoms with E-state index in [1.54, 1.807) is 6.92 Å². The fourth-order valence-corrected chi connectivity index (χ4v) is 0.901. The number of ether oxygens (including phenoxy) is 1. The van der Waals surface area contributed by atoms with Crippen LogP contribution in [-0.2, 0) is 9.53 Å². The molecule has 0 aromatic heterocycles. The van der Waals surface area contributed by atoms with Crippen molar-refractivity contribution in [3.05, 3.63) is 6.42 Å². The molecule has 0 amide bonds. The highest BCUT2D eigenvalue weighted by atomic mass is 16.5. The Morgan fingerprint density at radius 1 is 1.55 bits per heavy atom. The summed E-state index contributed by atoms with van der Waals surface area (Å²) in [6, 6.07) is 0. The zero-order valence-electron chi connectivity index (χ0n) is 7.59. The lowest BCUT2D eigenvalue weighted by Crippen LogP contribution is -2.16. The molecule has 65 valence electrons. The Balaban J connectivity index is 3.58. The van der Waals surface area contributed by atoms with Crippen LogP contribution in [0.15, 0.2) is 0 Å². The number of esters is 1. The molecule has 2 nitrogen and oxygen atoms in total. The quantitative estimate of drug-likeness (QED) is 0.572. The average molecular weight is 157 g/mol. The van der Waals surface area contributed by atoms with E-state index in [0.29, 0.717) is 0 Å². The molecule has 1 radical (unpaired) electrons. The molecule has 0 aromatic rings. The Labute approximate surface area is 68.9 Å². The lowest BCUT2D eigenvalue weighted by Gasteiger charge is -2.13. The Hall–Kier alpha value is -0.530. The first-order valence-electron chi connectivity index (χ1n) is 4.24. The average Bonchev–Trinajstić information content (AvgIpc) is 2.03.